The van der Waals surface area contributed by atoms with Crippen LogP contribution in [0.2, 0.25) is 0 Å². The van der Waals surface area contributed by atoms with Gasteiger partial charge >= 0.3 is 0 Å². The molecule has 1 aromatic rings. The van der Waals surface area contributed by atoms with Gasteiger partial charge in [0, 0.05) is 12.3 Å². The lowest BCUT2D eigenvalue weighted by Crippen LogP contribution is -2.47. The first-order chi connectivity index (χ1) is 9.49. The summed E-state index contributed by atoms with van der Waals surface area (Å²) in [4.78, 5) is 23.9. The van der Waals surface area contributed by atoms with E-state index in [1.165, 1.54) is 5.56 Å². The van der Waals surface area contributed by atoms with E-state index in [0.717, 1.165) is 6.42 Å². The Hall–Kier alpha value is -1.64. The lowest BCUT2D eigenvalue weighted by atomic mass is 9.72. The minimum absolute atomic E-state index is 0.0668. The third kappa shape index (κ3) is 3.27. The van der Waals surface area contributed by atoms with Crippen molar-refractivity contribution in [1.82, 2.24) is 5.32 Å². The van der Waals surface area contributed by atoms with E-state index in [0.29, 0.717) is 12.3 Å². The number of hydrogen-bond acceptors (Lipinski definition) is 2. The third-order valence-electron chi connectivity index (χ3n) is 4.23. The van der Waals surface area contributed by atoms with Crippen LogP contribution >= 0.6 is 0 Å². The van der Waals surface area contributed by atoms with Gasteiger partial charge < -0.3 is 0 Å². The average molecular weight is 273 g/mol. The molecule has 0 aliphatic carbocycles. The lowest BCUT2D eigenvalue weighted by Gasteiger charge is -2.35. The summed E-state index contributed by atoms with van der Waals surface area (Å²) in [5.41, 5.74) is 1.20. The predicted octanol–water partition coefficient (Wildman–Crippen LogP) is 3.12. The van der Waals surface area contributed by atoms with Crippen molar-refractivity contribution in [3.8, 4) is 0 Å². The summed E-state index contributed by atoms with van der Waals surface area (Å²) in [6.07, 6.45) is 1.28. The molecule has 0 radical (unpaired) electrons. The monoisotopic (exact) mass is 273 g/mol. The highest BCUT2D eigenvalue weighted by molar-refractivity contribution is 5.99. The van der Waals surface area contributed by atoms with E-state index < -0.39 is 0 Å². The molecule has 1 heterocycles. The summed E-state index contributed by atoms with van der Waals surface area (Å²) in [6.45, 7) is 6.36. The summed E-state index contributed by atoms with van der Waals surface area (Å²) >= 11 is 0. The van der Waals surface area contributed by atoms with Gasteiger partial charge in [-0.05, 0) is 29.7 Å². The maximum absolute atomic E-state index is 12.2. The Morgan fingerprint density at radius 3 is 2.40 bits per heavy atom. The molecule has 2 rings (SSSR count). The summed E-state index contributed by atoms with van der Waals surface area (Å²) in [5, 5.41) is 2.49. The molecule has 3 nitrogen and oxygen atoms in total. The molecule has 1 aliphatic rings. The second kappa shape index (κ2) is 6.21. The Morgan fingerprint density at radius 1 is 1.15 bits per heavy atom. The first-order valence-electron chi connectivity index (χ1n) is 7.37. The van der Waals surface area contributed by atoms with Gasteiger partial charge in [0.15, 0.2) is 0 Å². The molecule has 0 bridgehead atoms. The van der Waals surface area contributed by atoms with Crippen molar-refractivity contribution < 1.29 is 9.59 Å². The van der Waals surface area contributed by atoms with Gasteiger partial charge in [-0.25, -0.2) is 0 Å². The summed E-state index contributed by atoms with van der Waals surface area (Å²) in [6, 6.07) is 10.2. The normalized spacial score (nSPS) is 24.6. The molecule has 0 saturated carbocycles. The van der Waals surface area contributed by atoms with Crippen LogP contribution < -0.4 is 5.32 Å². The molecule has 3 atom stereocenters. The zero-order valence-electron chi connectivity index (χ0n) is 12.4. The second-order valence-electron chi connectivity index (χ2n) is 6.22. The van der Waals surface area contributed by atoms with Crippen LogP contribution in [0.15, 0.2) is 30.3 Å². The average Bonchev–Trinajstić information content (AvgIpc) is 2.41. The zero-order valence-corrected chi connectivity index (χ0v) is 12.4. The SMILES string of the molecule is CC(C)CC1C(=O)NC(=O)CC1C(C)c1ccccc1. The molecule has 0 spiro atoms. The summed E-state index contributed by atoms with van der Waals surface area (Å²) in [7, 11) is 0. The number of piperidine rings is 1. The van der Waals surface area contributed by atoms with Crippen LogP contribution in [0, 0.1) is 17.8 Å². The standard InChI is InChI=1S/C17H23NO2/c1-11(2)9-15-14(10-16(19)18-17(15)20)12(3)13-7-5-4-6-8-13/h4-8,11-12,14-15H,9-10H2,1-3H3,(H,18,19,20). The van der Waals surface area contributed by atoms with E-state index in [4.69, 9.17) is 0 Å². The fourth-order valence-corrected chi connectivity index (χ4v) is 3.15. The van der Waals surface area contributed by atoms with Crippen LogP contribution in [-0.4, -0.2) is 11.8 Å². The third-order valence-corrected chi connectivity index (χ3v) is 4.23. The first-order valence-corrected chi connectivity index (χ1v) is 7.37. The lowest BCUT2D eigenvalue weighted by molar-refractivity contribution is -0.140. The molecule has 20 heavy (non-hydrogen) atoms. The predicted molar refractivity (Wildman–Crippen MR) is 79.1 cm³/mol. The molecule has 1 fully saturated rings. The fourth-order valence-electron chi connectivity index (χ4n) is 3.15. The van der Waals surface area contributed by atoms with E-state index in [2.05, 4.69) is 38.2 Å². The van der Waals surface area contributed by atoms with Crippen molar-refractivity contribution in [1.29, 1.82) is 0 Å². The Labute approximate surface area is 120 Å². The van der Waals surface area contributed by atoms with Crippen LogP contribution in [0.25, 0.3) is 0 Å². The van der Waals surface area contributed by atoms with Crippen LogP contribution in [-0.2, 0) is 9.59 Å². The van der Waals surface area contributed by atoms with Gasteiger partial charge in [-0.2, -0.15) is 0 Å². The second-order valence-corrected chi connectivity index (χ2v) is 6.22. The van der Waals surface area contributed by atoms with Crippen molar-refractivity contribution in [3.05, 3.63) is 35.9 Å². The molecule has 0 aromatic heterocycles. The number of nitrogens with one attached hydrogen (secondary N) is 1. The quantitative estimate of drug-likeness (QED) is 0.857. The van der Waals surface area contributed by atoms with Gasteiger partial charge in [-0.3, -0.25) is 14.9 Å². The van der Waals surface area contributed by atoms with Crippen molar-refractivity contribution >= 4 is 11.8 Å². The molecule has 1 aromatic carbocycles. The number of rotatable bonds is 4. The topological polar surface area (TPSA) is 46.2 Å². The highest BCUT2D eigenvalue weighted by Gasteiger charge is 2.39. The van der Waals surface area contributed by atoms with Crippen LogP contribution in [0.1, 0.15) is 45.1 Å². The van der Waals surface area contributed by atoms with Gasteiger partial charge in [0.1, 0.15) is 0 Å². The Morgan fingerprint density at radius 2 is 1.80 bits per heavy atom. The Bertz CT molecular complexity index is 481. The molecule has 2 amide bonds. The number of carbonyl (C=O) groups excluding carboxylic acids is 2. The number of benzene rings is 1. The largest absolute Gasteiger partial charge is 0.296 e. The fraction of sp³-hybridized carbons (Fsp3) is 0.529. The van der Waals surface area contributed by atoms with Gasteiger partial charge in [-0.15, -0.1) is 0 Å². The zero-order chi connectivity index (χ0) is 14.7. The van der Waals surface area contributed by atoms with E-state index in [1.54, 1.807) is 0 Å². The first kappa shape index (κ1) is 14.8. The summed E-state index contributed by atoms with van der Waals surface area (Å²) < 4.78 is 0. The number of hydrogen-bond donors (Lipinski definition) is 1. The van der Waals surface area contributed by atoms with E-state index in [9.17, 15) is 9.59 Å². The molecular formula is C17H23NO2. The number of imide groups is 1. The van der Waals surface area contributed by atoms with Crippen molar-refractivity contribution in [2.24, 2.45) is 17.8 Å². The number of carbonyl (C=O) groups is 2. The summed E-state index contributed by atoms with van der Waals surface area (Å²) in [5.74, 6) is 0.467. The molecule has 1 N–H and O–H groups in total. The number of amides is 2. The van der Waals surface area contributed by atoms with E-state index >= 15 is 0 Å². The van der Waals surface area contributed by atoms with Crippen LogP contribution in [0.5, 0.6) is 0 Å². The molecular weight excluding hydrogens is 250 g/mol. The Kier molecular flexibility index (Phi) is 4.58. The molecule has 3 unspecified atom stereocenters. The van der Waals surface area contributed by atoms with Crippen molar-refractivity contribution in [2.45, 2.75) is 39.5 Å². The van der Waals surface area contributed by atoms with E-state index in [-0.39, 0.29) is 29.6 Å². The molecule has 1 saturated heterocycles. The van der Waals surface area contributed by atoms with E-state index in [1.807, 2.05) is 18.2 Å². The van der Waals surface area contributed by atoms with Gasteiger partial charge in [-0.1, -0.05) is 51.1 Å². The minimum Gasteiger partial charge on any atom is -0.296 e. The van der Waals surface area contributed by atoms with Crippen molar-refractivity contribution in [2.75, 3.05) is 0 Å². The smallest absolute Gasteiger partial charge is 0.229 e. The van der Waals surface area contributed by atoms with Crippen LogP contribution in [0.3, 0.4) is 0 Å². The maximum Gasteiger partial charge on any atom is 0.229 e. The molecule has 3 heteroatoms. The van der Waals surface area contributed by atoms with Gasteiger partial charge in [0.05, 0.1) is 0 Å². The van der Waals surface area contributed by atoms with Gasteiger partial charge in [0.25, 0.3) is 0 Å². The Balaban J connectivity index is 2.24. The van der Waals surface area contributed by atoms with Crippen LogP contribution in [0.4, 0.5) is 0 Å². The maximum atomic E-state index is 12.2. The minimum atomic E-state index is -0.136. The highest BCUT2D eigenvalue weighted by atomic mass is 16.2. The molecule has 108 valence electrons. The van der Waals surface area contributed by atoms with Gasteiger partial charge in [0.2, 0.25) is 11.8 Å². The highest BCUT2D eigenvalue weighted by Crippen LogP contribution is 2.37. The molecule has 1 aliphatic heterocycles. The van der Waals surface area contributed by atoms with Crippen molar-refractivity contribution in [3.63, 3.8) is 0 Å².